The van der Waals surface area contributed by atoms with Gasteiger partial charge in [-0.05, 0) is 25.7 Å². The van der Waals surface area contributed by atoms with Crippen LogP contribution in [-0.2, 0) is 4.79 Å². The molecule has 30 heavy (non-hydrogen) atoms. The molecule has 1 amide bonds. The van der Waals surface area contributed by atoms with Crippen LogP contribution < -0.4 is 20.9 Å². The summed E-state index contributed by atoms with van der Waals surface area (Å²) in [5.74, 6) is 2.11. The molecule has 1 unspecified atom stereocenters. The molecule has 156 valence electrons. The molecular weight excluding hydrogens is 382 g/mol. The predicted molar refractivity (Wildman–Crippen MR) is 113 cm³/mol. The van der Waals surface area contributed by atoms with Crippen LogP contribution in [0.2, 0.25) is 0 Å². The minimum absolute atomic E-state index is 0.0220. The fourth-order valence-corrected chi connectivity index (χ4v) is 3.98. The molecule has 0 bridgehead atoms. The van der Waals surface area contributed by atoms with Gasteiger partial charge in [0.25, 0.3) is 0 Å². The lowest BCUT2D eigenvalue weighted by molar-refractivity contribution is -0.118. The molecule has 1 aliphatic heterocycles. The zero-order valence-electron chi connectivity index (χ0n) is 17.5. The molecule has 2 aromatic heterocycles. The van der Waals surface area contributed by atoms with E-state index >= 15 is 0 Å². The van der Waals surface area contributed by atoms with Gasteiger partial charge in [0.15, 0.2) is 11.5 Å². The van der Waals surface area contributed by atoms with E-state index < -0.39 is 0 Å². The Balaban J connectivity index is 1.40. The summed E-state index contributed by atoms with van der Waals surface area (Å²) >= 11 is 0. The molecular formula is C20H25N9O. The lowest BCUT2D eigenvalue weighted by Crippen LogP contribution is -2.50. The van der Waals surface area contributed by atoms with Gasteiger partial charge in [-0.25, -0.2) is 15.0 Å². The monoisotopic (exact) mass is 407 g/mol. The van der Waals surface area contributed by atoms with E-state index in [-0.39, 0.29) is 30.0 Å². The third-order valence-corrected chi connectivity index (χ3v) is 5.56. The summed E-state index contributed by atoms with van der Waals surface area (Å²) in [6.07, 6.45) is 4.81. The highest BCUT2D eigenvalue weighted by molar-refractivity contribution is 6.03. The normalized spacial score (nSPS) is 22.6. The van der Waals surface area contributed by atoms with Gasteiger partial charge < -0.3 is 20.9 Å². The topological polar surface area (TPSA) is 132 Å². The summed E-state index contributed by atoms with van der Waals surface area (Å²) < 4.78 is 0. The van der Waals surface area contributed by atoms with Crippen LogP contribution in [0, 0.1) is 24.2 Å². The molecule has 1 saturated carbocycles. The summed E-state index contributed by atoms with van der Waals surface area (Å²) in [5.41, 5.74) is 1.72. The number of nitrogens with one attached hydrogen (secondary N) is 3. The third kappa shape index (κ3) is 3.70. The fraction of sp³-hybridized carbons (Fsp3) is 0.500. The Bertz CT molecular complexity index is 993. The van der Waals surface area contributed by atoms with Crippen molar-refractivity contribution in [3.8, 4) is 6.07 Å². The first-order valence-electron chi connectivity index (χ1n) is 10.0. The van der Waals surface area contributed by atoms with Crippen LogP contribution in [0.5, 0.6) is 0 Å². The molecule has 0 spiro atoms. The van der Waals surface area contributed by atoms with Crippen molar-refractivity contribution in [1.29, 1.82) is 5.26 Å². The number of amides is 1. The number of anilines is 4. The first kappa shape index (κ1) is 19.8. The van der Waals surface area contributed by atoms with Crippen molar-refractivity contribution in [3.63, 3.8) is 0 Å². The number of nitrogens with zero attached hydrogens (tertiary/aromatic N) is 6. The molecule has 2 aliphatic rings. The highest BCUT2D eigenvalue weighted by Crippen LogP contribution is 2.35. The van der Waals surface area contributed by atoms with E-state index in [1.54, 1.807) is 6.20 Å². The average molecular weight is 407 g/mol. The third-order valence-electron chi connectivity index (χ3n) is 5.56. The molecule has 3 heterocycles. The first-order valence-corrected chi connectivity index (χ1v) is 10.0. The Morgan fingerprint density at radius 3 is 2.57 bits per heavy atom. The van der Waals surface area contributed by atoms with Gasteiger partial charge in [-0.1, -0.05) is 13.8 Å². The van der Waals surface area contributed by atoms with Crippen molar-refractivity contribution in [1.82, 2.24) is 19.9 Å². The quantitative estimate of drug-likeness (QED) is 0.680. The second-order valence-corrected chi connectivity index (χ2v) is 8.17. The number of carbonyl (C=O) groups excluding carboxylic acids is 1. The van der Waals surface area contributed by atoms with Crippen molar-refractivity contribution in [2.45, 2.75) is 51.7 Å². The molecule has 10 heteroatoms. The van der Waals surface area contributed by atoms with E-state index in [0.717, 1.165) is 24.4 Å². The molecule has 0 saturated heterocycles. The van der Waals surface area contributed by atoms with Crippen LogP contribution in [0.25, 0.3) is 0 Å². The summed E-state index contributed by atoms with van der Waals surface area (Å²) in [4.78, 5) is 31.8. The lowest BCUT2D eigenvalue weighted by Gasteiger charge is -2.38. The number of aromatic nitrogens is 4. The van der Waals surface area contributed by atoms with E-state index in [9.17, 15) is 4.79 Å². The van der Waals surface area contributed by atoms with Crippen molar-refractivity contribution < 1.29 is 4.79 Å². The second kappa shape index (κ2) is 7.74. The molecule has 4 rings (SSSR count). The van der Waals surface area contributed by atoms with E-state index in [1.807, 2.05) is 38.8 Å². The predicted octanol–water partition coefficient (Wildman–Crippen LogP) is 1.91. The Hall–Kier alpha value is -3.48. The van der Waals surface area contributed by atoms with E-state index in [0.29, 0.717) is 23.1 Å². The van der Waals surface area contributed by atoms with Gasteiger partial charge in [-0.2, -0.15) is 10.2 Å². The van der Waals surface area contributed by atoms with E-state index in [4.69, 9.17) is 5.26 Å². The molecule has 1 atom stereocenters. The van der Waals surface area contributed by atoms with Crippen LogP contribution in [0.1, 0.15) is 38.1 Å². The Kier molecular flexibility index (Phi) is 5.11. The first-order chi connectivity index (χ1) is 14.4. The number of hydrogen-bond donors (Lipinski definition) is 3. The number of fused-ring (bicyclic) bond motifs is 1. The van der Waals surface area contributed by atoms with Crippen LogP contribution in [0.15, 0.2) is 12.4 Å². The standard InChI is InChI=1S/C20H25N9O/c1-10(2)17-19(30)27-16-11(3)24-20(28-18(16)29(17)4)26-13-5-12(6-13)25-15-9-22-14(7-21)8-23-15/h8-10,12-13,17H,5-6H2,1-4H3,(H,23,25)(H,27,30)(H,24,26,28). The Morgan fingerprint density at radius 2 is 1.93 bits per heavy atom. The summed E-state index contributed by atoms with van der Waals surface area (Å²) in [6.45, 7) is 5.93. The summed E-state index contributed by atoms with van der Waals surface area (Å²) in [5, 5.41) is 18.5. The highest BCUT2D eigenvalue weighted by atomic mass is 16.2. The van der Waals surface area contributed by atoms with Gasteiger partial charge >= 0.3 is 0 Å². The maximum Gasteiger partial charge on any atom is 0.247 e. The van der Waals surface area contributed by atoms with Gasteiger partial charge in [0, 0.05) is 19.1 Å². The fourth-order valence-electron chi connectivity index (χ4n) is 3.98. The zero-order chi connectivity index (χ0) is 21.4. The lowest BCUT2D eigenvalue weighted by atomic mass is 9.87. The largest absolute Gasteiger partial charge is 0.366 e. The van der Waals surface area contributed by atoms with Crippen LogP contribution >= 0.6 is 0 Å². The minimum Gasteiger partial charge on any atom is -0.366 e. The highest BCUT2D eigenvalue weighted by Gasteiger charge is 2.36. The van der Waals surface area contributed by atoms with Gasteiger partial charge in [0.1, 0.15) is 23.6 Å². The number of nitriles is 1. The number of carbonyl (C=O) groups is 1. The second-order valence-electron chi connectivity index (χ2n) is 8.17. The average Bonchev–Trinajstić information content (AvgIpc) is 2.67. The number of likely N-dealkylation sites (N-methyl/N-ethyl adjacent to an activating group) is 1. The van der Waals surface area contributed by atoms with E-state index in [2.05, 4.69) is 35.9 Å². The Morgan fingerprint density at radius 1 is 1.20 bits per heavy atom. The molecule has 0 aromatic carbocycles. The van der Waals surface area contributed by atoms with Crippen molar-refractivity contribution in [3.05, 3.63) is 23.8 Å². The van der Waals surface area contributed by atoms with Gasteiger partial charge in [0.2, 0.25) is 11.9 Å². The number of hydrogen-bond acceptors (Lipinski definition) is 9. The molecule has 0 radical (unpaired) electrons. The van der Waals surface area contributed by atoms with Gasteiger partial charge in [0.05, 0.1) is 18.1 Å². The summed E-state index contributed by atoms with van der Waals surface area (Å²) in [7, 11) is 1.90. The maximum atomic E-state index is 12.4. The Labute approximate surface area is 175 Å². The minimum atomic E-state index is -0.259. The number of rotatable bonds is 5. The van der Waals surface area contributed by atoms with Crippen molar-refractivity contribution in [2.24, 2.45) is 5.92 Å². The van der Waals surface area contributed by atoms with E-state index in [1.165, 1.54) is 6.20 Å². The van der Waals surface area contributed by atoms with Crippen LogP contribution in [0.4, 0.5) is 23.3 Å². The van der Waals surface area contributed by atoms with Crippen molar-refractivity contribution >= 4 is 29.2 Å². The molecule has 2 aromatic rings. The van der Waals surface area contributed by atoms with Crippen LogP contribution in [0.3, 0.4) is 0 Å². The van der Waals surface area contributed by atoms with Crippen LogP contribution in [-0.4, -0.2) is 51.0 Å². The zero-order valence-corrected chi connectivity index (χ0v) is 17.5. The molecule has 1 fully saturated rings. The molecule has 10 nitrogen and oxygen atoms in total. The smallest absolute Gasteiger partial charge is 0.247 e. The SMILES string of the molecule is Cc1nc(NC2CC(Nc3cnc(C#N)cn3)C2)nc2c1NC(=O)C(C(C)C)N2C. The molecule has 1 aliphatic carbocycles. The number of aryl methyl sites for hydroxylation is 1. The van der Waals surface area contributed by atoms with Gasteiger partial charge in [-0.15, -0.1) is 0 Å². The summed E-state index contributed by atoms with van der Waals surface area (Å²) in [6, 6.07) is 2.22. The molecule has 3 N–H and O–H groups in total. The van der Waals surface area contributed by atoms with Gasteiger partial charge in [-0.3, -0.25) is 4.79 Å². The van der Waals surface area contributed by atoms with Crippen molar-refractivity contribution in [2.75, 3.05) is 27.9 Å². The maximum absolute atomic E-state index is 12.4.